The molecule has 0 radical (unpaired) electrons. The third kappa shape index (κ3) is 16.4. The molecule has 0 saturated carbocycles. The molecule has 0 bridgehead atoms. The number of halogens is 4. The Morgan fingerprint density at radius 2 is 1.20 bits per heavy atom. The molecule has 1 nitrogen and oxygen atoms in total. The van der Waals surface area contributed by atoms with Gasteiger partial charge in [-0.1, -0.05) is 0 Å². The molecule has 0 aromatic rings. The van der Waals surface area contributed by atoms with Gasteiger partial charge in [-0.25, -0.2) is 0 Å². The minimum absolute atomic E-state index is 1.00. The van der Waals surface area contributed by atoms with E-state index in [1.54, 1.807) is 0 Å². The van der Waals surface area contributed by atoms with Gasteiger partial charge in [-0.2, -0.15) is 0 Å². The van der Waals surface area contributed by atoms with Crippen molar-refractivity contribution < 1.29 is 16.6 Å². The van der Waals surface area contributed by atoms with Gasteiger partial charge in [0.25, 0.3) is 0 Å². The first-order chi connectivity index (χ1) is 4.50. The second-order valence-electron chi connectivity index (χ2n) is 1.67. The van der Waals surface area contributed by atoms with Crippen molar-refractivity contribution in [1.82, 2.24) is 0 Å². The zero-order valence-corrected chi connectivity index (χ0v) is 11.1. The molecule has 0 spiro atoms. The number of rotatable bonds is 0. The molecule has 1 aliphatic rings. The van der Waals surface area contributed by atoms with Crippen LogP contribution in [0.15, 0.2) is 0 Å². The number of hydrogen-bond acceptors (Lipinski definition) is 1. The Morgan fingerprint density at radius 1 is 0.900 bits per heavy atom. The van der Waals surface area contributed by atoms with Crippen molar-refractivity contribution >= 4 is 37.7 Å². The van der Waals surface area contributed by atoms with Crippen molar-refractivity contribution in [2.45, 2.75) is 12.8 Å². The molecule has 0 aromatic heterocycles. The average molecular weight is 398 g/mol. The van der Waals surface area contributed by atoms with Gasteiger partial charge in [0, 0.05) is 13.2 Å². The summed E-state index contributed by atoms with van der Waals surface area (Å²) in [7, 11) is 20.1. The van der Waals surface area contributed by atoms with E-state index in [2.05, 4.69) is 0 Å². The Balaban J connectivity index is 0.000000162. The fourth-order valence-electron chi connectivity index (χ4n) is 0.510. The van der Waals surface area contributed by atoms with Crippen molar-refractivity contribution in [2.24, 2.45) is 0 Å². The van der Waals surface area contributed by atoms with E-state index >= 15 is 0 Å². The van der Waals surface area contributed by atoms with Gasteiger partial charge >= 0.3 is 49.6 Å². The normalized spacial score (nSPS) is 19.6. The molecule has 0 aliphatic carbocycles. The summed E-state index contributed by atoms with van der Waals surface area (Å²) in [4.78, 5) is 0. The van der Waals surface area contributed by atoms with Crippen molar-refractivity contribution in [3.05, 3.63) is 0 Å². The topological polar surface area (TPSA) is 9.23 Å². The summed E-state index contributed by atoms with van der Waals surface area (Å²) in [6.07, 6.45) is 2.56. The molecule has 1 saturated heterocycles. The van der Waals surface area contributed by atoms with Crippen LogP contribution in [-0.4, -0.2) is 13.2 Å². The Kier molecular flexibility index (Phi) is 7.48. The predicted molar refractivity (Wildman–Crippen MR) is 43.5 cm³/mol. The second-order valence-corrected chi connectivity index (χ2v) is 27.1. The van der Waals surface area contributed by atoms with Crippen molar-refractivity contribution in [3.63, 3.8) is 0 Å². The molecule has 0 atom stereocenters. The van der Waals surface area contributed by atoms with Crippen LogP contribution in [0.25, 0.3) is 0 Å². The minimum atomic E-state index is -3.28. The van der Waals surface area contributed by atoms with Crippen LogP contribution >= 0.6 is 37.7 Å². The molecule has 10 heavy (non-hydrogen) atoms. The Labute approximate surface area is 79.8 Å². The molecule has 0 amide bonds. The first kappa shape index (κ1) is 11.8. The molecule has 6 heteroatoms. The van der Waals surface area contributed by atoms with E-state index in [1.165, 1.54) is 12.8 Å². The summed E-state index contributed by atoms with van der Waals surface area (Å²) < 4.78 is 4.94. The van der Waals surface area contributed by atoms with Gasteiger partial charge in [0.15, 0.2) is 0 Å². The fourth-order valence-corrected chi connectivity index (χ4v) is 0.510. The molecule has 64 valence electrons. The van der Waals surface area contributed by atoms with E-state index in [0.29, 0.717) is 0 Å². The quantitative estimate of drug-likeness (QED) is 0.607. The molecule has 0 N–H and O–H groups in total. The van der Waals surface area contributed by atoms with Crippen LogP contribution in [0, 0.1) is 0 Å². The van der Waals surface area contributed by atoms with Crippen molar-refractivity contribution in [2.75, 3.05) is 13.2 Å². The third-order valence-corrected chi connectivity index (χ3v) is 0.827. The standard InChI is InChI=1S/C4H8O.4ClH.W/c1-2-4-5-3-1;;;;;/h1-4H2;4*1H;/q;;;;;+4/p-4. The maximum atomic E-state index is 5.03. The van der Waals surface area contributed by atoms with Crippen LogP contribution in [0.4, 0.5) is 0 Å². The molecule has 1 aliphatic heterocycles. The summed E-state index contributed by atoms with van der Waals surface area (Å²) in [6.45, 7) is 2.00. The molecular weight excluding hydrogens is 390 g/mol. The Hall–Kier alpha value is 1.81. The molecule has 0 aromatic carbocycles. The van der Waals surface area contributed by atoms with Crippen LogP contribution in [0.5, 0.6) is 0 Å². The van der Waals surface area contributed by atoms with Gasteiger partial charge in [-0.3, -0.25) is 0 Å². The first-order valence-corrected chi connectivity index (χ1v) is 17.2. The van der Waals surface area contributed by atoms with Crippen LogP contribution in [0.2, 0.25) is 0 Å². The van der Waals surface area contributed by atoms with Gasteiger partial charge < -0.3 is 4.74 Å². The molecule has 1 rings (SSSR count). The molecule has 1 fully saturated rings. The number of ether oxygens (including phenoxy) is 1. The van der Waals surface area contributed by atoms with Crippen molar-refractivity contribution in [1.29, 1.82) is 0 Å². The van der Waals surface area contributed by atoms with Gasteiger partial charge in [-0.05, 0) is 12.8 Å². The van der Waals surface area contributed by atoms with E-state index in [1.807, 2.05) is 0 Å². The zero-order chi connectivity index (χ0) is 8.04. The van der Waals surface area contributed by atoms with Crippen molar-refractivity contribution in [3.8, 4) is 0 Å². The van der Waals surface area contributed by atoms with Crippen LogP contribution in [0.1, 0.15) is 12.8 Å². The monoisotopic (exact) mass is 396 g/mol. The molecule has 1 heterocycles. The van der Waals surface area contributed by atoms with E-state index in [9.17, 15) is 0 Å². The van der Waals surface area contributed by atoms with E-state index in [-0.39, 0.29) is 0 Å². The van der Waals surface area contributed by atoms with Gasteiger partial charge in [0.2, 0.25) is 0 Å². The summed E-state index contributed by atoms with van der Waals surface area (Å²) in [5, 5.41) is 0. The Morgan fingerprint density at radius 3 is 1.30 bits per heavy atom. The van der Waals surface area contributed by atoms with Crippen LogP contribution in [0.3, 0.4) is 0 Å². The van der Waals surface area contributed by atoms with Crippen LogP contribution < -0.4 is 0 Å². The summed E-state index contributed by atoms with van der Waals surface area (Å²) >= 11 is -3.28. The van der Waals surface area contributed by atoms with Gasteiger partial charge in [-0.15, -0.1) is 0 Å². The fraction of sp³-hybridized carbons (Fsp3) is 1.00. The third-order valence-electron chi connectivity index (χ3n) is 0.827. The Bertz CT molecular complexity index is 66.2. The second kappa shape index (κ2) is 6.34. The summed E-state index contributed by atoms with van der Waals surface area (Å²) in [5.74, 6) is 0. The molecule has 0 unspecified atom stereocenters. The van der Waals surface area contributed by atoms with E-state index in [0.717, 1.165) is 13.2 Å². The van der Waals surface area contributed by atoms with Crippen LogP contribution in [-0.2, 0) is 16.6 Å². The zero-order valence-electron chi connectivity index (χ0n) is 5.16. The van der Waals surface area contributed by atoms with E-state index < -0.39 is 11.9 Å². The number of hydrogen-bond donors (Lipinski definition) is 0. The first-order valence-electron chi connectivity index (χ1n) is 2.69. The maximum absolute atomic E-state index is 5.03. The predicted octanol–water partition coefficient (Wildman–Crippen LogP) is 3.55. The van der Waals surface area contributed by atoms with Gasteiger partial charge in [0.05, 0.1) is 0 Å². The summed E-state index contributed by atoms with van der Waals surface area (Å²) in [5.41, 5.74) is 0. The van der Waals surface area contributed by atoms with Gasteiger partial charge in [0.1, 0.15) is 0 Å². The van der Waals surface area contributed by atoms with E-state index in [4.69, 9.17) is 42.4 Å². The SMILES string of the molecule is C1CCOC1.[Cl][W]([Cl])([Cl])[Cl]. The summed E-state index contributed by atoms with van der Waals surface area (Å²) in [6, 6.07) is 0. The average Bonchev–Trinajstić information content (AvgIpc) is 2.07. The molecular formula is C4H8Cl4OW.